The van der Waals surface area contributed by atoms with E-state index in [0.29, 0.717) is 0 Å². The van der Waals surface area contributed by atoms with Crippen LogP contribution in [0.2, 0.25) is 0 Å². The second kappa shape index (κ2) is 7.85. The molecule has 0 atom stereocenters. The average molecular weight is 368 g/mol. The van der Waals surface area contributed by atoms with Crippen molar-refractivity contribution >= 4 is 0 Å². The first-order valence-electron chi connectivity index (χ1n) is 8.11. The van der Waals surface area contributed by atoms with Gasteiger partial charge in [-0.2, -0.15) is 0 Å². The molecule has 21 heavy (non-hydrogen) atoms. The number of allylic oxidation sites excluding steroid dienone is 8. The fraction of sp³-hybridized carbons (Fsp3) is 0.556. The zero-order valence-corrected chi connectivity index (χ0v) is 16.3. The summed E-state index contributed by atoms with van der Waals surface area (Å²) >= 11 is -3.35. The molecule has 0 aromatic rings. The molecule has 0 saturated carbocycles. The minimum atomic E-state index is -3.35. The van der Waals surface area contributed by atoms with Gasteiger partial charge in [0.25, 0.3) is 0 Å². The van der Waals surface area contributed by atoms with E-state index in [4.69, 9.17) is 5.63 Å². The Balaban J connectivity index is 2.47. The summed E-state index contributed by atoms with van der Waals surface area (Å²) in [7, 11) is 3.73. The van der Waals surface area contributed by atoms with Crippen molar-refractivity contribution in [1.29, 1.82) is 0 Å². The maximum atomic E-state index is 6.20. The van der Waals surface area contributed by atoms with Crippen LogP contribution in [0, 0.1) is 0 Å². The van der Waals surface area contributed by atoms with E-state index in [2.05, 4.69) is 38.2 Å². The van der Waals surface area contributed by atoms with Crippen molar-refractivity contribution in [2.24, 2.45) is 0 Å². The van der Waals surface area contributed by atoms with Gasteiger partial charge in [-0.1, -0.05) is 0 Å². The van der Waals surface area contributed by atoms with Gasteiger partial charge in [0.2, 0.25) is 0 Å². The van der Waals surface area contributed by atoms with Gasteiger partial charge >= 0.3 is 135 Å². The quantitative estimate of drug-likeness (QED) is 0.580. The Hall–Kier alpha value is -0.237. The van der Waals surface area contributed by atoms with Crippen LogP contribution in [0.5, 0.6) is 0 Å². The molecule has 0 aliphatic heterocycles. The summed E-state index contributed by atoms with van der Waals surface area (Å²) in [6.07, 6.45) is 15.8. The second-order valence-electron chi connectivity index (χ2n) is 5.75. The van der Waals surface area contributed by atoms with Gasteiger partial charge in [0.1, 0.15) is 0 Å². The molecule has 2 rings (SSSR count). The van der Waals surface area contributed by atoms with Gasteiger partial charge in [-0.15, -0.1) is 0 Å². The van der Waals surface area contributed by atoms with Gasteiger partial charge in [-0.25, -0.2) is 0 Å². The standard InChI is InChI=1S/2C8H11.2CH3O.Zr/c2*1-2-5-8-6-3-4-7-8;2*1-2;/h2*3,6H,2,4-5H2,1H3;2*1H3;/q;;2*-1;+2. The van der Waals surface area contributed by atoms with Crippen LogP contribution < -0.4 is 0 Å². The molecule has 0 heterocycles. The Bertz CT molecular complexity index is 451. The SMILES string of the molecule is CCCC1=[C]([Zr]([O]C)([O]C)[C]2=C(CCC)C=CC2)CC=C1. The normalized spacial score (nSPS) is 18.5. The first-order valence-corrected chi connectivity index (χ1v) is 12.6. The summed E-state index contributed by atoms with van der Waals surface area (Å²) < 4.78 is 15.4. The molecule has 0 aromatic carbocycles. The van der Waals surface area contributed by atoms with Gasteiger partial charge in [-0.05, 0) is 0 Å². The third kappa shape index (κ3) is 3.26. The molecular formula is C18H28O2Zr. The topological polar surface area (TPSA) is 18.5 Å². The third-order valence-electron chi connectivity index (χ3n) is 4.47. The van der Waals surface area contributed by atoms with Gasteiger partial charge in [-0.3, -0.25) is 0 Å². The predicted molar refractivity (Wildman–Crippen MR) is 85.4 cm³/mol. The van der Waals surface area contributed by atoms with E-state index in [-0.39, 0.29) is 0 Å². The van der Waals surface area contributed by atoms with Crippen LogP contribution in [0.15, 0.2) is 42.0 Å². The Morgan fingerprint density at radius 3 is 1.62 bits per heavy atom. The molecule has 3 heteroatoms. The Morgan fingerprint density at radius 1 is 0.857 bits per heavy atom. The van der Waals surface area contributed by atoms with Crippen LogP contribution in [0.1, 0.15) is 52.4 Å². The fourth-order valence-corrected chi connectivity index (χ4v) is 12.3. The number of hydrogen-bond acceptors (Lipinski definition) is 2. The molecule has 0 bridgehead atoms. The van der Waals surface area contributed by atoms with Gasteiger partial charge in [0.05, 0.1) is 0 Å². The molecule has 0 aromatic heterocycles. The summed E-state index contributed by atoms with van der Waals surface area (Å²) in [5.74, 6) is 0. The van der Waals surface area contributed by atoms with Crippen LogP contribution in [-0.4, -0.2) is 14.2 Å². The third-order valence-corrected chi connectivity index (χ3v) is 13.8. The molecule has 0 radical (unpaired) electrons. The first-order chi connectivity index (χ1) is 10.2. The summed E-state index contributed by atoms with van der Waals surface area (Å²) in [4.78, 5) is 0. The van der Waals surface area contributed by atoms with Crippen LogP contribution in [-0.2, 0) is 26.8 Å². The van der Waals surface area contributed by atoms with Crippen molar-refractivity contribution in [3.05, 3.63) is 42.0 Å². The molecule has 0 unspecified atom stereocenters. The van der Waals surface area contributed by atoms with Crippen molar-refractivity contribution in [2.45, 2.75) is 52.4 Å². The zero-order valence-electron chi connectivity index (χ0n) is 13.9. The van der Waals surface area contributed by atoms with Crippen LogP contribution in [0.4, 0.5) is 0 Å². The number of hydrogen-bond donors (Lipinski definition) is 0. The molecular weight excluding hydrogens is 339 g/mol. The molecule has 116 valence electrons. The molecule has 2 nitrogen and oxygen atoms in total. The van der Waals surface area contributed by atoms with E-state index in [1.807, 2.05) is 14.2 Å². The summed E-state index contributed by atoms with van der Waals surface area (Å²) in [6, 6.07) is 0. The van der Waals surface area contributed by atoms with Crippen molar-refractivity contribution in [3.8, 4) is 0 Å². The van der Waals surface area contributed by atoms with Crippen LogP contribution in [0.3, 0.4) is 0 Å². The van der Waals surface area contributed by atoms with E-state index in [1.54, 1.807) is 0 Å². The van der Waals surface area contributed by atoms with Gasteiger partial charge in [0, 0.05) is 0 Å². The van der Waals surface area contributed by atoms with Crippen LogP contribution in [0.25, 0.3) is 0 Å². The van der Waals surface area contributed by atoms with E-state index in [9.17, 15) is 0 Å². The van der Waals surface area contributed by atoms with Crippen molar-refractivity contribution in [3.63, 3.8) is 0 Å². The summed E-state index contributed by atoms with van der Waals surface area (Å²) in [5, 5.41) is 0. The molecule has 2 aliphatic rings. The Labute approximate surface area is 135 Å². The zero-order chi connectivity index (χ0) is 15.3. The van der Waals surface area contributed by atoms with E-state index in [0.717, 1.165) is 25.7 Å². The van der Waals surface area contributed by atoms with E-state index < -0.39 is 21.1 Å². The molecule has 0 amide bonds. The summed E-state index contributed by atoms with van der Waals surface area (Å²) in [6.45, 7) is 4.49. The van der Waals surface area contributed by atoms with Crippen molar-refractivity contribution < 1.29 is 26.8 Å². The van der Waals surface area contributed by atoms with E-state index in [1.165, 1.54) is 30.5 Å². The first kappa shape index (κ1) is 17.1. The maximum absolute atomic E-state index is 6.20. The van der Waals surface area contributed by atoms with Crippen molar-refractivity contribution in [2.75, 3.05) is 14.2 Å². The molecule has 0 saturated heterocycles. The molecule has 2 aliphatic carbocycles. The van der Waals surface area contributed by atoms with Gasteiger partial charge in [0.15, 0.2) is 0 Å². The average Bonchev–Trinajstić information content (AvgIpc) is 3.13. The molecule has 0 fully saturated rings. The van der Waals surface area contributed by atoms with Gasteiger partial charge < -0.3 is 0 Å². The summed E-state index contributed by atoms with van der Waals surface area (Å²) in [5.41, 5.74) is 2.96. The second-order valence-corrected chi connectivity index (χ2v) is 13.8. The van der Waals surface area contributed by atoms with E-state index >= 15 is 0 Å². The molecule has 0 spiro atoms. The predicted octanol–water partition coefficient (Wildman–Crippen LogP) is 5.29. The minimum absolute atomic E-state index is 1.02. The monoisotopic (exact) mass is 366 g/mol. The molecule has 0 N–H and O–H groups in total. The Kier molecular flexibility index (Phi) is 6.40. The fourth-order valence-electron chi connectivity index (χ4n) is 3.56. The Morgan fingerprint density at radius 2 is 1.29 bits per heavy atom. The van der Waals surface area contributed by atoms with Crippen LogP contribution >= 0.6 is 0 Å². The number of rotatable bonds is 8. The van der Waals surface area contributed by atoms with Crippen molar-refractivity contribution in [1.82, 2.24) is 0 Å².